The number of aliphatic carboxylic acids is 1. The van der Waals surface area contributed by atoms with Gasteiger partial charge in [0.25, 0.3) is 0 Å². The van der Waals surface area contributed by atoms with Gasteiger partial charge in [-0.25, -0.2) is 9.59 Å². The van der Waals surface area contributed by atoms with Crippen LogP contribution in [0.3, 0.4) is 0 Å². The van der Waals surface area contributed by atoms with Gasteiger partial charge in [0.05, 0.1) is 6.42 Å². The van der Waals surface area contributed by atoms with Crippen LogP contribution < -0.4 is 11.1 Å². The Morgan fingerprint density at radius 1 is 1.26 bits per heavy atom. The lowest BCUT2D eigenvalue weighted by Gasteiger charge is -2.36. The van der Waals surface area contributed by atoms with Gasteiger partial charge in [-0.3, -0.25) is 4.79 Å². The smallest absolute Gasteiger partial charge is 0.481 e. The van der Waals surface area contributed by atoms with E-state index in [4.69, 9.17) is 14.3 Å². The second-order valence-corrected chi connectivity index (χ2v) is 5.99. The molecule has 8 heteroatoms. The number of carboxylic acid groups (broad SMARTS) is 1. The van der Waals surface area contributed by atoms with Crippen molar-refractivity contribution >= 4 is 12.1 Å². The Kier molecular flexibility index (Phi) is 5.46. The average Bonchev–Trinajstić information content (AvgIpc) is 2.81. The van der Waals surface area contributed by atoms with E-state index in [9.17, 15) is 14.4 Å². The van der Waals surface area contributed by atoms with Crippen molar-refractivity contribution in [2.75, 3.05) is 6.54 Å². The standard InChI is InChI=1S/C15H21NO7/c1-10-11(23-14(20)22-10)8-21-13(19)16-9-15(7-12(17)18)5-3-2-4-6-15/h2-9H2,1H3,(H,16,19)(H,17,18). The molecule has 0 aromatic carbocycles. The van der Waals surface area contributed by atoms with Gasteiger partial charge in [-0.1, -0.05) is 19.3 Å². The maximum absolute atomic E-state index is 11.8. The van der Waals surface area contributed by atoms with Crippen LogP contribution in [0.15, 0.2) is 13.6 Å². The number of amides is 1. The maximum Gasteiger partial charge on any atom is 0.519 e. The number of ether oxygens (including phenoxy) is 1. The summed E-state index contributed by atoms with van der Waals surface area (Å²) in [4.78, 5) is 33.7. The molecule has 1 heterocycles. The van der Waals surface area contributed by atoms with Gasteiger partial charge in [0, 0.05) is 6.54 Å². The van der Waals surface area contributed by atoms with Crippen LogP contribution in [-0.4, -0.2) is 23.7 Å². The molecule has 0 unspecified atom stereocenters. The molecule has 0 saturated heterocycles. The number of alkyl carbamates (subject to hydrolysis) is 1. The number of rotatable bonds is 6. The molecule has 23 heavy (non-hydrogen) atoms. The first-order valence-corrected chi connectivity index (χ1v) is 7.62. The Balaban J connectivity index is 1.85. The van der Waals surface area contributed by atoms with Crippen LogP contribution in [0.2, 0.25) is 0 Å². The Morgan fingerprint density at radius 2 is 1.96 bits per heavy atom. The minimum absolute atomic E-state index is 0.0307. The predicted octanol–water partition coefficient (Wildman–Crippen LogP) is 2.19. The molecule has 1 aromatic rings. The molecule has 1 aromatic heterocycles. The summed E-state index contributed by atoms with van der Waals surface area (Å²) < 4.78 is 14.4. The molecule has 0 aliphatic heterocycles. The van der Waals surface area contributed by atoms with E-state index in [0.29, 0.717) is 0 Å². The average molecular weight is 327 g/mol. The number of carboxylic acids is 1. The summed E-state index contributed by atoms with van der Waals surface area (Å²) in [6, 6.07) is 0. The lowest BCUT2D eigenvalue weighted by molar-refractivity contribution is -0.140. The van der Waals surface area contributed by atoms with E-state index in [0.717, 1.165) is 32.1 Å². The summed E-state index contributed by atoms with van der Waals surface area (Å²) in [7, 11) is 0. The van der Waals surface area contributed by atoms with E-state index < -0.39 is 23.3 Å². The van der Waals surface area contributed by atoms with E-state index in [2.05, 4.69) is 9.73 Å². The highest BCUT2D eigenvalue weighted by Crippen LogP contribution is 2.38. The fraction of sp³-hybridized carbons (Fsp3) is 0.667. The molecule has 0 bridgehead atoms. The fourth-order valence-corrected chi connectivity index (χ4v) is 2.99. The Bertz CT molecular complexity index is 610. The summed E-state index contributed by atoms with van der Waals surface area (Å²) >= 11 is 0. The van der Waals surface area contributed by atoms with E-state index >= 15 is 0 Å². The second kappa shape index (κ2) is 7.34. The summed E-state index contributed by atoms with van der Waals surface area (Å²) in [6.07, 6.45) is 3.91. The Hall–Kier alpha value is -2.25. The van der Waals surface area contributed by atoms with E-state index in [1.54, 1.807) is 0 Å². The van der Waals surface area contributed by atoms with E-state index in [-0.39, 0.29) is 31.1 Å². The first kappa shape index (κ1) is 17.1. The zero-order valence-electron chi connectivity index (χ0n) is 13.1. The second-order valence-electron chi connectivity index (χ2n) is 5.99. The van der Waals surface area contributed by atoms with Gasteiger partial charge in [-0.05, 0) is 25.2 Å². The fourth-order valence-electron chi connectivity index (χ4n) is 2.99. The van der Waals surface area contributed by atoms with Gasteiger partial charge in [0.1, 0.15) is 0 Å². The highest BCUT2D eigenvalue weighted by atomic mass is 16.6. The molecule has 1 aliphatic carbocycles. The molecule has 2 rings (SSSR count). The molecule has 0 spiro atoms. The highest BCUT2D eigenvalue weighted by Gasteiger charge is 2.34. The largest absolute Gasteiger partial charge is 0.519 e. The third-order valence-electron chi connectivity index (χ3n) is 4.22. The molecule has 2 N–H and O–H groups in total. The molecule has 1 fully saturated rings. The van der Waals surface area contributed by atoms with Crippen molar-refractivity contribution in [2.45, 2.75) is 52.1 Å². The van der Waals surface area contributed by atoms with Crippen LogP contribution in [0.4, 0.5) is 4.79 Å². The zero-order chi connectivity index (χ0) is 16.9. The molecule has 128 valence electrons. The van der Waals surface area contributed by atoms with Crippen molar-refractivity contribution in [3.05, 3.63) is 22.1 Å². The van der Waals surface area contributed by atoms with Crippen molar-refractivity contribution in [1.29, 1.82) is 0 Å². The van der Waals surface area contributed by atoms with Gasteiger partial charge in [0.15, 0.2) is 18.1 Å². The molecular formula is C15H21NO7. The molecular weight excluding hydrogens is 306 g/mol. The van der Waals surface area contributed by atoms with Crippen molar-refractivity contribution in [2.24, 2.45) is 5.41 Å². The number of hydrogen-bond acceptors (Lipinski definition) is 6. The molecule has 0 radical (unpaired) electrons. The van der Waals surface area contributed by atoms with Gasteiger partial charge in [-0.2, -0.15) is 0 Å². The monoisotopic (exact) mass is 327 g/mol. The molecule has 1 aliphatic rings. The van der Waals surface area contributed by atoms with Crippen LogP contribution in [-0.2, 0) is 16.1 Å². The van der Waals surface area contributed by atoms with Crippen molar-refractivity contribution < 1.29 is 28.3 Å². The van der Waals surface area contributed by atoms with Crippen LogP contribution in [0.1, 0.15) is 50.0 Å². The number of nitrogens with one attached hydrogen (secondary N) is 1. The number of carbonyl (C=O) groups is 2. The maximum atomic E-state index is 11.8. The summed E-state index contributed by atoms with van der Waals surface area (Å²) in [5.41, 5.74) is -0.415. The Labute approximate surface area is 132 Å². The quantitative estimate of drug-likeness (QED) is 0.822. The normalized spacial score (nSPS) is 16.7. The van der Waals surface area contributed by atoms with E-state index in [1.807, 2.05) is 0 Å². The lowest BCUT2D eigenvalue weighted by Crippen LogP contribution is -2.40. The number of aryl methyl sites for hydroxylation is 1. The van der Waals surface area contributed by atoms with E-state index in [1.165, 1.54) is 6.92 Å². The molecule has 1 saturated carbocycles. The van der Waals surface area contributed by atoms with Crippen molar-refractivity contribution in [1.82, 2.24) is 5.32 Å². The third kappa shape index (κ3) is 4.87. The van der Waals surface area contributed by atoms with Gasteiger partial charge in [0.2, 0.25) is 0 Å². The zero-order valence-corrected chi connectivity index (χ0v) is 13.1. The summed E-state index contributed by atoms with van der Waals surface area (Å²) in [6.45, 7) is 1.58. The first-order valence-electron chi connectivity index (χ1n) is 7.62. The summed E-state index contributed by atoms with van der Waals surface area (Å²) in [5, 5.41) is 11.7. The Morgan fingerprint density at radius 3 is 2.52 bits per heavy atom. The highest BCUT2D eigenvalue weighted by molar-refractivity contribution is 5.69. The van der Waals surface area contributed by atoms with Crippen LogP contribution in [0, 0.1) is 12.3 Å². The minimum atomic E-state index is -0.863. The van der Waals surface area contributed by atoms with Crippen LogP contribution in [0.25, 0.3) is 0 Å². The SMILES string of the molecule is Cc1oc(=O)oc1COC(=O)NCC1(CC(=O)O)CCCCC1. The minimum Gasteiger partial charge on any atom is -0.481 e. The van der Waals surface area contributed by atoms with Gasteiger partial charge < -0.3 is 24.0 Å². The van der Waals surface area contributed by atoms with Crippen molar-refractivity contribution in [3.63, 3.8) is 0 Å². The number of hydrogen-bond donors (Lipinski definition) is 2. The lowest BCUT2D eigenvalue weighted by atomic mass is 9.72. The molecule has 0 atom stereocenters. The predicted molar refractivity (Wildman–Crippen MR) is 77.9 cm³/mol. The summed E-state index contributed by atoms with van der Waals surface area (Å²) in [5.74, 6) is -1.29. The third-order valence-corrected chi connectivity index (χ3v) is 4.22. The molecule has 8 nitrogen and oxygen atoms in total. The number of carbonyl (C=O) groups excluding carboxylic acids is 1. The molecule has 1 amide bonds. The first-order chi connectivity index (χ1) is 10.9. The van der Waals surface area contributed by atoms with Crippen molar-refractivity contribution in [3.8, 4) is 0 Å². The topological polar surface area (TPSA) is 119 Å². The van der Waals surface area contributed by atoms with Gasteiger partial charge in [-0.15, -0.1) is 0 Å². The van der Waals surface area contributed by atoms with Crippen LogP contribution in [0.5, 0.6) is 0 Å². The van der Waals surface area contributed by atoms with Crippen LogP contribution >= 0.6 is 0 Å². The van der Waals surface area contributed by atoms with Gasteiger partial charge >= 0.3 is 17.9 Å².